The molecule has 1 aliphatic carbocycles. The molecule has 0 saturated heterocycles. The van der Waals surface area contributed by atoms with Crippen molar-refractivity contribution in [2.24, 2.45) is 5.92 Å². The Labute approximate surface area is 419 Å². The topological polar surface area (TPSA) is 36.9 Å². The van der Waals surface area contributed by atoms with Gasteiger partial charge < -0.3 is 18.9 Å². The van der Waals surface area contributed by atoms with E-state index in [1.807, 2.05) is 31.2 Å². The predicted octanol–water partition coefficient (Wildman–Crippen LogP) is 18.0. The van der Waals surface area contributed by atoms with Crippen LogP contribution in [-0.2, 0) is 17.8 Å². The van der Waals surface area contributed by atoms with Gasteiger partial charge in [-0.2, -0.15) is 0 Å². The highest BCUT2D eigenvalue weighted by Crippen LogP contribution is 2.38. The highest BCUT2D eigenvalue weighted by Gasteiger charge is 2.21. The van der Waals surface area contributed by atoms with Crippen LogP contribution in [0.25, 0.3) is 55.6 Å². The Morgan fingerprint density at radius 3 is 1.01 bits per heavy atom. The van der Waals surface area contributed by atoms with E-state index in [2.05, 4.69) is 184 Å². The zero-order chi connectivity index (χ0) is 48.9. The van der Waals surface area contributed by atoms with Gasteiger partial charge >= 0.3 is 0 Å². The second kappa shape index (κ2) is 26.8. The van der Waals surface area contributed by atoms with Gasteiger partial charge in [0, 0.05) is 7.11 Å². The van der Waals surface area contributed by atoms with Crippen molar-refractivity contribution in [3.8, 4) is 72.9 Å². The SMILES string of the molecule is CCCC1CCC(c2ccc(-c3ccc(OCC)cc3)cc2)CC1.CCCc1ccc(-c2ccc(-c3ccc(OC)cc3)cc2)cc1.COCc1ccc(-c2ccc(-c3ccc(OC)cc3)cc2)cc1. The van der Waals surface area contributed by atoms with Crippen molar-refractivity contribution in [2.75, 3.05) is 27.9 Å². The molecular formula is C66H72O4. The maximum absolute atomic E-state index is 5.52. The minimum absolute atomic E-state index is 0.649. The predicted molar refractivity (Wildman–Crippen MR) is 295 cm³/mol. The number of hydrogen-bond acceptors (Lipinski definition) is 4. The molecule has 0 N–H and O–H groups in total. The van der Waals surface area contributed by atoms with E-state index in [-0.39, 0.29) is 0 Å². The van der Waals surface area contributed by atoms with Gasteiger partial charge in [0.25, 0.3) is 0 Å². The fourth-order valence-corrected chi connectivity index (χ4v) is 9.44. The molecule has 8 aromatic rings. The molecule has 0 bridgehead atoms. The Morgan fingerprint density at radius 2 is 0.686 bits per heavy atom. The van der Waals surface area contributed by atoms with Crippen LogP contribution in [0, 0.1) is 5.92 Å². The fourth-order valence-electron chi connectivity index (χ4n) is 9.44. The van der Waals surface area contributed by atoms with Gasteiger partial charge in [-0.3, -0.25) is 0 Å². The summed E-state index contributed by atoms with van der Waals surface area (Å²) in [4.78, 5) is 0. The molecule has 0 heterocycles. The Morgan fingerprint density at radius 1 is 0.357 bits per heavy atom. The van der Waals surface area contributed by atoms with E-state index in [0.717, 1.165) is 35.5 Å². The summed E-state index contributed by atoms with van der Waals surface area (Å²) in [7, 11) is 5.09. The van der Waals surface area contributed by atoms with Crippen LogP contribution in [0.5, 0.6) is 17.2 Å². The molecule has 70 heavy (non-hydrogen) atoms. The minimum atomic E-state index is 0.649. The van der Waals surface area contributed by atoms with Crippen molar-refractivity contribution < 1.29 is 18.9 Å². The summed E-state index contributed by atoms with van der Waals surface area (Å²) in [6, 6.07) is 68.7. The molecule has 1 aliphatic rings. The summed E-state index contributed by atoms with van der Waals surface area (Å²) in [5, 5.41) is 0. The maximum atomic E-state index is 5.52. The van der Waals surface area contributed by atoms with Crippen molar-refractivity contribution in [3.05, 3.63) is 211 Å². The third-order valence-corrected chi connectivity index (χ3v) is 13.5. The molecule has 0 amide bonds. The number of hydrogen-bond donors (Lipinski definition) is 0. The first-order valence-electron chi connectivity index (χ1n) is 25.4. The van der Waals surface area contributed by atoms with Gasteiger partial charge in [0.2, 0.25) is 0 Å². The van der Waals surface area contributed by atoms with Crippen LogP contribution in [-0.4, -0.2) is 27.9 Å². The largest absolute Gasteiger partial charge is 0.497 e. The van der Waals surface area contributed by atoms with E-state index in [0.29, 0.717) is 13.2 Å². The van der Waals surface area contributed by atoms with Crippen molar-refractivity contribution in [2.45, 2.75) is 84.7 Å². The normalized spacial score (nSPS) is 14.0. The van der Waals surface area contributed by atoms with Crippen LogP contribution >= 0.6 is 0 Å². The number of rotatable bonds is 16. The van der Waals surface area contributed by atoms with Gasteiger partial charge in [0.1, 0.15) is 17.2 Å². The lowest BCUT2D eigenvalue weighted by atomic mass is 9.77. The van der Waals surface area contributed by atoms with Crippen LogP contribution in [0.3, 0.4) is 0 Å². The molecule has 0 spiro atoms. The molecule has 360 valence electrons. The van der Waals surface area contributed by atoms with E-state index >= 15 is 0 Å². The number of aryl methyl sites for hydroxylation is 1. The molecular weight excluding hydrogens is 857 g/mol. The molecule has 0 atom stereocenters. The molecule has 4 nitrogen and oxygen atoms in total. The summed E-state index contributed by atoms with van der Waals surface area (Å²) >= 11 is 0. The Bertz CT molecular complexity index is 2560. The molecule has 9 rings (SSSR count). The first-order chi connectivity index (χ1) is 34.4. The fraction of sp³-hybridized carbons (Fsp3) is 0.273. The number of benzene rings is 8. The van der Waals surface area contributed by atoms with Crippen LogP contribution in [0.4, 0.5) is 0 Å². The molecule has 0 radical (unpaired) electrons. The summed E-state index contributed by atoms with van der Waals surface area (Å²) < 4.78 is 21.1. The number of ether oxygens (including phenoxy) is 4. The lowest BCUT2D eigenvalue weighted by Gasteiger charge is -2.28. The summed E-state index contributed by atoms with van der Waals surface area (Å²) in [5.74, 6) is 4.46. The first-order valence-corrected chi connectivity index (χ1v) is 25.4. The zero-order valence-corrected chi connectivity index (χ0v) is 42.3. The Kier molecular flexibility index (Phi) is 19.5. The standard InChI is InChI=1S/C23H30O.C22H22O.C21H20O2/c1-3-5-18-6-8-19(9-7-18)20-10-12-21(13-11-20)22-14-16-23(17-15-22)24-4-2;1-3-4-17-5-7-18(8-6-17)19-9-11-20(12-10-19)21-13-15-22(23-2)16-14-21;1-22-15-16-3-5-17(6-4-16)18-7-9-19(10-8-18)20-11-13-21(23-2)14-12-20/h10-19H,3-9H2,1-2H3;5-16H,3-4H2,1-2H3;3-14H,15H2,1-2H3. The Hall–Kier alpha value is -6.88. The van der Waals surface area contributed by atoms with Gasteiger partial charge in [0.15, 0.2) is 0 Å². The third-order valence-electron chi connectivity index (χ3n) is 13.5. The third kappa shape index (κ3) is 14.6. The van der Waals surface area contributed by atoms with Crippen molar-refractivity contribution in [1.29, 1.82) is 0 Å². The molecule has 1 fully saturated rings. The summed E-state index contributed by atoms with van der Waals surface area (Å²) in [5.41, 5.74) is 16.4. The van der Waals surface area contributed by atoms with Crippen LogP contribution in [0.15, 0.2) is 194 Å². The highest BCUT2D eigenvalue weighted by atomic mass is 16.5. The van der Waals surface area contributed by atoms with Crippen LogP contribution in [0.2, 0.25) is 0 Å². The highest BCUT2D eigenvalue weighted by molar-refractivity contribution is 5.72. The summed E-state index contributed by atoms with van der Waals surface area (Å²) in [6.45, 7) is 7.91. The van der Waals surface area contributed by atoms with E-state index < -0.39 is 0 Å². The number of methoxy groups -OCH3 is 3. The monoisotopic (exact) mass is 929 g/mol. The van der Waals surface area contributed by atoms with Gasteiger partial charge in [-0.05, 0) is 160 Å². The molecule has 0 aromatic heterocycles. The van der Waals surface area contributed by atoms with Crippen molar-refractivity contribution >= 4 is 0 Å². The molecule has 1 saturated carbocycles. The second-order valence-electron chi connectivity index (χ2n) is 18.3. The zero-order valence-electron chi connectivity index (χ0n) is 42.3. The van der Waals surface area contributed by atoms with Gasteiger partial charge in [-0.1, -0.05) is 191 Å². The quantitative estimate of drug-likeness (QED) is 0.0967. The molecule has 4 heteroatoms. The van der Waals surface area contributed by atoms with E-state index in [1.54, 1.807) is 21.3 Å². The van der Waals surface area contributed by atoms with E-state index in [1.165, 1.54) is 117 Å². The van der Waals surface area contributed by atoms with Gasteiger partial charge in [0.05, 0.1) is 27.4 Å². The van der Waals surface area contributed by atoms with E-state index in [9.17, 15) is 0 Å². The average molecular weight is 929 g/mol. The average Bonchev–Trinajstić information content (AvgIpc) is 3.43. The lowest BCUT2D eigenvalue weighted by molar-refractivity contribution is 0.185. The molecule has 8 aromatic carbocycles. The summed E-state index contributed by atoms with van der Waals surface area (Å²) in [6.07, 6.45) is 10.7. The Balaban J connectivity index is 0.000000155. The van der Waals surface area contributed by atoms with Crippen LogP contribution < -0.4 is 14.2 Å². The van der Waals surface area contributed by atoms with Crippen LogP contribution in [0.1, 0.15) is 88.3 Å². The maximum Gasteiger partial charge on any atom is 0.119 e. The van der Waals surface area contributed by atoms with Crippen molar-refractivity contribution in [3.63, 3.8) is 0 Å². The minimum Gasteiger partial charge on any atom is -0.497 e. The second-order valence-corrected chi connectivity index (χ2v) is 18.3. The lowest BCUT2D eigenvalue weighted by Crippen LogP contribution is -2.13. The van der Waals surface area contributed by atoms with Gasteiger partial charge in [-0.15, -0.1) is 0 Å². The molecule has 0 unspecified atom stereocenters. The van der Waals surface area contributed by atoms with Gasteiger partial charge in [-0.25, -0.2) is 0 Å². The van der Waals surface area contributed by atoms with E-state index in [4.69, 9.17) is 18.9 Å². The van der Waals surface area contributed by atoms with Crippen molar-refractivity contribution in [1.82, 2.24) is 0 Å². The smallest absolute Gasteiger partial charge is 0.119 e. The molecule has 0 aliphatic heterocycles. The first kappa shape index (κ1) is 51.0.